The molecule has 10 nitrogen and oxygen atoms in total. The van der Waals surface area contributed by atoms with Crippen LogP contribution in [0.5, 0.6) is 0 Å². The monoisotopic (exact) mass is 390 g/mol. The van der Waals surface area contributed by atoms with Crippen molar-refractivity contribution in [3.8, 4) is 0 Å². The fraction of sp³-hybridized carbons (Fsp3) is 0.706. The van der Waals surface area contributed by atoms with Gasteiger partial charge >= 0.3 is 29.8 Å². The van der Waals surface area contributed by atoms with E-state index in [1.807, 2.05) is 0 Å². The Hall–Kier alpha value is -2.65. The van der Waals surface area contributed by atoms with Crippen molar-refractivity contribution in [1.82, 2.24) is 0 Å². The molecule has 0 aliphatic rings. The van der Waals surface area contributed by atoms with Gasteiger partial charge in [0.1, 0.15) is 31.5 Å². The summed E-state index contributed by atoms with van der Waals surface area (Å²) in [4.78, 5) is 55.9. The number of hydrogen-bond acceptors (Lipinski definition) is 10. The molecule has 0 radical (unpaired) electrons. The molecule has 0 saturated heterocycles. The third kappa shape index (κ3) is 14.2. The smallest absolute Gasteiger partial charge is 0.303 e. The molecule has 0 bridgehead atoms. The largest absolute Gasteiger partial charge is 0.462 e. The normalized spacial score (nSPS) is 13.5. The summed E-state index contributed by atoms with van der Waals surface area (Å²) in [7, 11) is 0. The van der Waals surface area contributed by atoms with Crippen molar-refractivity contribution in [2.75, 3.05) is 13.2 Å². The molecule has 0 spiro atoms. The first-order chi connectivity index (χ1) is 12.5. The third-order valence-electron chi connectivity index (χ3n) is 2.99. The molecule has 0 aromatic heterocycles. The summed E-state index contributed by atoms with van der Waals surface area (Å²) in [6.45, 7) is 5.50. The highest BCUT2D eigenvalue weighted by atomic mass is 16.6. The molecule has 0 heterocycles. The van der Waals surface area contributed by atoms with Gasteiger partial charge < -0.3 is 23.7 Å². The van der Waals surface area contributed by atoms with E-state index in [0.717, 1.165) is 0 Å². The van der Waals surface area contributed by atoms with Crippen molar-refractivity contribution in [1.29, 1.82) is 0 Å². The van der Waals surface area contributed by atoms with Gasteiger partial charge in [0, 0.05) is 47.5 Å². The zero-order chi connectivity index (χ0) is 21.0. The first-order valence-corrected chi connectivity index (χ1v) is 8.28. The maximum atomic E-state index is 11.4. The summed E-state index contributed by atoms with van der Waals surface area (Å²) in [5.74, 6) is -2.95. The molecule has 3 atom stereocenters. The van der Waals surface area contributed by atoms with E-state index in [-0.39, 0.29) is 26.1 Å². The van der Waals surface area contributed by atoms with Crippen molar-refractivity contribution in [2.24, 2.45) is 0 Å². The Morgan fingerprint density at radius 3 is 1.07 bits per heavy atom. The summed E-state index contributed by atoms with van der Waals surface area (Å²) in [5, 5.41) is 0. The van der Waals surface area contributed by atoms with E-state index in [1.54, 1.807) is 0 Å². The zero-order valence-electron chi connectivity index (χ0n) is 16.1. The van der Waals surface area contributed by atoms with Crippen LogP contribution >= 0.6 is 0 Å². The molecule has 0 N–H and O–H groups in total. The van der Waals surface area contributed by atoms with Gasteiger partial charge in [-0.05, 0) is 0 Å². The summed E-state index contributed by atoms with van der Waals surface area (Å²) < 4.78 is 25.0. The highest BCUT2D eigenvalue weighted by Gasteiger charge is 2.27. The average molecular weight is 390 g/mol. The van der Waals surface area contributed by atoms with Crippen molar-refractivity contribution in [3.63, 3.8) is 0 Å². The SMILES string of the molecule is CC(=O)OC[C@H](CC(C[C@H](COC(C)=O)OC(C)=O)OC(C)=O)OC(C)=O. The van der Waals surface area contributed by atoms with Gasteiger partial charge in [0.25, 0.3) is 0 Å². The van der Waals surface area contributed by atoms with E-state index in [9.17, 15) is 24.0 Å². The fourth-order valence-corrected chi connectivity index (χ4v) is 2.20. The molecule has 1 unspecified atom stereocenters. The summed E-state index contributed by atoms with van der Waals surface area (Å²) in [5.41, 5.74) is 0. The minimum absolute atomic E-state index is 0.00965. The van der Waals surface area contributed by atoms with Crippen LogP contribution in [-0.2, 0) is 47.7 Å². The first-order valence-electron chi connectivity index (χ1n) is 8.28. The molecule has 154 valence electrons. The Morgan fingerprint density at radius 2 is 0.815 bits per heavy atom. The van der Waals surface area contributed by atoms with E-state index in [1.165, 1.54) is 34.6 Å². The predicted octanol–water partition coefficient (Wildman–Crippen LogP) is 0.688. The molecule has 0 aliphatic heterocycles. The van der Waals surface area contributed by atoms with Gasteiger partial charge in [0.05, 0.1) is 0 Å². The van der Waals surface area contributed by atoms with E-state index in [2.05, 4.69) is 0 Å². The van der Waals surface area contributed by atoms with Gasteiger partial charge in [-0.3, -0.25) is 24.0 Å². The molecule has 0 aliphatic carbocycles. The second-order valence-corrected chi connectivity index (χ2v) is 5.77. The van der Waals surface area contributed by atoms with Gasteiger partial charge in [-0.2, -0.15) is 0 Å². The lowest BCUT2D eigenvalue weighted by atomic mass is 10.1. The molecule has 0 rings (SSSR count). The van der Waals surface area contributed by atoms with Crippen LogP contribution < -0.4 is 0 Å². The molecule has 0 aromatic rings. The third-order valence-corrected chi connectivity index (χ3v) is 2.99. The number of esters is 5. The quantitative estimate of drug-likeness (QED) is 0.366. The lowest BCUT2D eigenvalue weighted by Gasteiger charge is -2.26. The van der Waals surface area contributed by atoms with E-state index < -0.39 is 48.2 Å². The summed E-state index contributed by atoms with van der Waals surface area (Å²) >= 11 is 0. The van der Waals surface area contributed by atoms with Crippen LogP contribution in [0.3, 0.4) is 0 Å². The second-order valence-electron chi connectivity index (χ2n) is 5.77. The second kappa shape index (κ2) is 12.7. The van der Waals surface area contributed by atoms with Crippen LogP contribution in [0.1, 0.15) is 47.5 Å². The Balaban J connectivity index is 5.16. The molecular weight excluding hydrogens is 364 g/mol. The van der Waals surface area contributed by atoms with Gasteiger partial charge in [-0.25, -0.2) is 0 Å². The lowest BCUT2D eigenvalue weighted by molar-refractivity contribution is -0.166. The molecule has 0 saturated carbocycles. The minimum Gasteiger partial charge on any atom is -0.462 e. The Bertz CT molecular complexity index is 502. The van der Waals surface area contributed by atoms with Crippen LogP contribution in [0.25, 0.3) is 0 Å². The zero-order valence-corrected chi connectivity index (χ0v) is 16.1. The Morgan fingerprint density at radius 1 is 0.519 bits per heavy atom. The molecule has 10 heteroatoms. The highest BCUT2D eigenvalue weighted by molar-refractivity contribution is 5.68. The van der Waals surface area contributed by atoms with Crippen LogP contribution in [0.15, 0.2) is 0 Å². The lowest BCUT2D eigenvalue weighted by Crippen LogP contribution is -2.35. The van der Waals surface area contributed by atoms with Gasteiger partial charge in [0.15, 0.2) is 0 Å². The van der Waals surface area contributed by atoms with Crippen molar-refractivity contribution >= 4 is 29.8 Å². The Kier molecular flexibility index (Phi) is 11.4. The van der Waals surface area contributed by atoms with Gasteiger partial charge in [-0.15, -0.1) is 0 Å². The van der Waals surface area contributed by atoms with Crippen molar-refractivity contribution in [3.05, 3.63) is 0 Å². The molecule has 0 amide bonds. The molecule has 0 fully saturated rings. The Labute approximate surface area is 157 Å². The van der Waals surface area contributed by atoms with Crippen LogP contribution in [-0.4, -0.2) is 61.4 Å². The van der Waals surface area contributed by atoms with Crippen molar-refractivity contribution < 1.29 is 47.7 Å². The maximum Gasteiger partial charge on any atom is 0.303 e. The summed E-state index contributed by atoms with van der Waals surface area (Å²) in [6, 6.07) is 0. The first kappa shape index (κ1) is 24.4. The number of rotatable bonds is 11. The topological polar surface area (TPSA) is 132 Å². The number of hydrogen-bond donors (Lipinski definition) is 0. The van der Waals surface area contributed by atoms with Crippen LogP contribution in [0.2, 0.25) is 0 Å². The predicted molar refractivity (Wildman–Crippen MR) is 89.2 cm³/mol. The number of carbonyl (C=O) groups is 5. The van der Waals surface area contributed by atoms with Gasteiger partial charge in [0.2, 0.25) is 0 Å². The minimum atomic E-state index is -0.873. The van der Waals surface area contributed by atoms with E-state index >= 15 is 0 Å². The number of carbonyl (C=O) groups excluding carboxylic acids is 5. The van der Waals surface area contributed by atoms with E-state index in [4.69, 9.17) is 23.7 Å². The summed E-state index contributed by atoms with van der Waals surface area (Å²) in [6.07, 6.45) is -2.61. The molecule has 27 heavy (non-hydrogen) atoms. The van der Waals surface area contributed by atoms with E-state index in [0.29, 0.717) is 0 Å². The number of ether oxygens (including phenoxy) is 5. The fourth-order valence-electron chi connectivity index (χ4n) is 2.20. The molecule has 0 aromatic carbocycles. The van der Waals surface area contributed by atoms with Gasteiger partial charge in [-0.1, -0.05) is 0 Å². The standard InChI is InChI=1S/C17H26O10/c1-10(18)23-8-16(26-13(4)21)6-15(25-12(3)20)7-17(27-14(5)22)9-24-11(2)19/h15-17H,6-9H2,1-5H3/t15?,16-,17+. The average Bonchev–Trinajstić information content (AvgIpc) is 2.48. The highest BCUT2D eigenvalue weighted by Crippen LogP contribution is 2.16. The molecular formula is C17H26O10. The van der Waals surface area contributed by atoms with Crippen LogP contribution in [0, 0.1) is 0 Å². The maximum absolute atomic E-state index is 11.4. The van der Waals surface area contributed by atoms with Crippen LogP contribution in [0.4, 0.5) is 0 Å². The van der Waals surface area contributed by atoms with Crippen molar-refractivity contribution in [2.45, 2.75) is 65.8 Å².